The molecule has 3 aromatic rings. The average Bonchev–Trinajstić information content (AvgIpc) is 2.78. The largest absolute Gasteiger partial charge is 0.377 e. The molecule has 1 atom stereocenters. The van der Waals surface area contributed by atoms with Gasteiger partial charge in [-0.1, -0.05) is 12.1 Å². The van der Waals surface area contributed by atoms with Gasteiger partial charge in [-0.3, -0.25) is 9.79 Å². The van der Waals surface area contributed by atoms with E-state index in [4.69, 9.17) is 4.74 Å². The molecule has 1 aromatic heterocycles. The Balaban J connectivity index is 1.63. The van der Waals surface area contributed by atoms with Crippen molar-refractivity contribution in [3.8, 4) is 0 Å². The molecule has 0 saturated carbocycles. The number of rotatable bonds is 4. The number of morpholine rings is 1. The van der Waals surface area contributed by atoms with Crippen molar-refractivity contribution in [2.75, 3.05) is 32.1 Å². The minimum Gasteiger partial charge on any atom is -0.377 e. The number of carbonyl (C=O) groups is 1. The van der Waals surface area contributed by atoms with Crippen molar-refractivity contribution < 1.29 is 9.53 Å². The van der Waals surface area contributed by atoms with E-state index in [1.807, 2.05) is 60.4 Å². The van der Waals surface area contributed by atoms with E-state index in [2.05, 4.69) is 27.1 Å². The van der Waals surface area contributed by atoms with E-state index in [-0.39, 0.29) is 11.9 Å². The summed E-state index contributed by atoms with van der Waals surface area (Å²) in [5, 5.41) is 7.39. The third-order valence-corrected chi connectivity index (χ3v) is 5.13. The Morgan fingerprint density at radius 3 is 2.70 bits per heavy atom. The summed E-state index contributed by atoms with van der Waals surface area (Å²) >= 11 is 0. The van der Waals surface area contributed by atoms with Gasteiger partial charge in [0.15, 0.2) is 11.3 Å². The lowest BCUT2D eigenvalue weighted by atomic mass is 10.1. The molecule has 0 spiro atoms. The van der Waals surface area contributed by atoms with E-state index < -0.39 is 0 Å². The summed E-state index contributed by atoms with van der Waals surface area (Å²) in [6.45, 7) is 7.41. The molecule has 0 radical (unpaired) electrons. The summed E-state index contributed by atoms with van der Waals surface area (Å²) in [5.41, 5.74) is 3.59. The van der Waals surface area contributed by atoms with Crippen LogP contribution in [0.25, 0.3) is 11.0 Å². The fraction of sp³-hybridized carbons (Fsp3) is 0.273. The van der Waals surface area contributed by atoms with E-state index in [1.165, 1.54) is 0 Å². The molecule has 8 heteroatoms. The minimum atomic E-state index is 0.0131. The van der Waals surface area contributed by atoms with Crippen LogP contribution in [0.4, 0.5) is 11.5 Å². The Kier molecular flexibility index (Phi) is 5.58. The van der Waals surface area contributed by atoms with Gasteiger partial charge in [-0.15, -0.1) is 0 Å². The van der Waals surface area contributed by atoms with Gasteiger partial charge in [0.25, 0.3) is 5.91 Å². The second kappa shape index (κ2) is 8.46. The van der Waals surface area contributed by atoms with Crippen LogP contribution in [-0.4, -0.2) is 60.0 Å². The quantitative estimate of drug-likeness (QED) is 0.678. The SMILES string of the molecule is C=Nn1c(=NC)c(Nc2ccc(C(=O)N3CCOC[C@@H]3C)cc2)nc2ccccc21. The maximum absolute atomic E-state index is 12.8. The molecule has 1 aliphatic rings. The van der Waals surface area contributed by atoms with Gasteiger partial charge in [0.05, 0.1) is 30.3 Å². The summed E-state index contributed by atoms with van der Waals surface area (Å²) in [6, 6.07) is 15.1. The topological polar surface area (TPSA) is 84.1 Å². The molecule has 1 saturated heterocycles. The number of benzene rings is 2. The van der Waals surface area contributed by atoms with E-state index in [0.29, 0.717) is 36.6 Å². The Morgan fingerprint density at radius 1 is 1.23 bits per heavy atom. The second-order valence-electron chi connectivity index (χ2n) is 7.07. The maximum atomic E-state index is 12.8. The first-order chi connectivity index (χ1) is 14.6. The van der Waals surface area contributed by atoms with Crippen LogP contribution in [0.15, 0.2) is 58.6 Å². The number of para-hydroxylation sites is 2. The zero-order valence-corrected chi connectivity index (χ0v) is 17.1. The molecule has 2 heterocycles. The summed E-state index contributed by atoms with van der Waals surface area (Å²) in [5.74, 6) is 0.573. The molecule has 1 fully saturated rings. The average molecular weight is 404 g/mol. The van der Waals surface area contributed by atoms with Crippen molar-refractivity contribution in [3.05, 3.63) is 59.6 Å². The maximum Gasteiger partial charge on any atom is 0.254 e. The van der Waals surface area contributed by atoms with Crippen molar-refractivity contribution in [1.82, 2.24) is 14.6 Å². The molecule has 0 unspecified atom stereocenters. The molecule has 2 aromatic carbocycles. The highest BCUT2D eigenvalue weighted by Crippen LogP contribution is 2.18. The number of anilines is 2. The molecule has 0 bridgehead atoms. The molecule has 1 N–H and O–H groups in total. The number of fused-ring (bicyclic) bond motifs is 1. The first-order valence-corrected chi connectivity index (χ1v) is 9.80. The fourth-order valence-electron chi connectivity index (χ4n) is 3.58. The lowest BCUT2D eigenvalue weighted by Gasteiger charge is -2.33. The number of nitrogens with one attached hydrogen (secondary N) is 1. The smallest absolute Gasteiger partial charge is 0.254 e. The van der Waals surface area contributed by atoms with E-state index >= 15 is 0 Å². The normalized spacial score (nSPS) is 17.2. The second-order valence-corrected chi connectivity index (χ2v) is 7.07. The van der Waals surface area contributed by atoms with Crippen molar-refractivity contribution >= 4 is 35.2 Å². The molecule has 154 valence electrons. The Labute approximate surface area is 174 Å². The zero-order chi connectivity index (χ0) is 21.1. The van der Waals surface area contributed by atoms with Gasteiger partial charge in [0.2, 0.25) is 0 Å². The molecular formula is C22H24N6O2. The Bertz CT molecular complexity index is 1150. The molecule has 8 nitrogen and oxygen atoms in total. The first kappa shape index (κ1) is 19.8. The van der Waals surface area contributed by atoms with Gasteiger partial charge in [0, 0.05) is 31.6 Å². The van der Waals surface area contributed by atoms with Crippen LogP contribution >= 0.6 is 0 Å². The van der Waals surface area contributed by atoms with Gasteiger partial charge < -0.3 is 15.0 Å². The van der Waals surface area contributed by atoms with Crippen LogP contribution in [-0.2, 0) is 4.74 Å². The molecular weight excluding hydrogens is 380 g/mol. The Hall–Kier alpha value is -3.52. The van der Waals surface area contributed by atoms with Crippen molar-refractivity contribution in [2.24, 2.45) is 10.1 Å². The van der Waals surface area contributed by atoms with E-state index in [9.17, 15) is 4.79 Å². The number of nitrogens with zero attached hydrogens (tertiary/aromatic N) is 5. The molecule has 1 aliphatic heterocycles. The molecule has 30 heavy (non-hydrogen) atoms. The van der Waals surface area contributed by atoms with Gasteiger partial charge in [-0.25, -0.2) is 9.66 Å². The number of amides is 1. The predicted octanol–water partition coefficient (Wildman–Crippen LogP) is 2.64. The highest BCUT2D eigenvalue weighted by atomic mass is 16.5. The van der Waals surface area contributed by atoms with Crippen LogP contribution in [0.3, 0.4) is 0 Å². The van der Waals surface area contributed by atoms with Gasteiger partial charge >= 0.3 is 0 Å². The summed E-state index contributed by atoms with van der Waals surface area (Å²) < 4.78 is 7.08. The van der Waals surface area contributed by atoms with E-state index in [1.54, 1.807) is 11.7 Å². The minimum absolute atomic E-state index is 0.0131. The third kappa shape index (κ3) is 3.69. The first-order valence-electron chi connectivity index (χ1n) is 9.80. The lowest BCUT2D eigenvalue weighted by molar-refractivity contribution is 0.00359. The lowest BCUT2D eigenvalue weighted by Crippen LogP contribution is -2.47. The standard InChI is InChI=1S/C22H24N6O2/c1-15-14-30-13-12-27(15)22(29)16-8-10-17(11-9-16)25-20-21(23-2)28(24-3)19-7-5-4-6-18(19)26-20/h4-11,15H,3,12-14H2,1-2H3,(H,25,26)/t15-/m0/s1. The van der Waals surface area contributed by atoms with Crippen LogP contribution in [0.5, 0.6) is 0 Å². The zero-order valence-electron chi connectivity index (χ0n) is 17.1. The molecule has 0 aliphatic carbocycles. The Morgan fingerprint density at radius 2 is 2.00 bits per heavy atom. The summed E-state index contributed by atoms with van der Waals surface area (Å²) in [6.07, 6.45) is 0. The number of ether oxygens (including phenoxy) is 1. The summed E-state index contributed by atoms with van der Waals surface area (Å²) in [7, 11) is 1.68. The highest BCUT2D eigenvalue weighted by Gasteiger charge is 2.24. The van der Waals surface area contributed by atoms with Crippen molar-refractivity contribution in [3.63, 3.8) is 0 Å². The van der Waals surface area contributed by atoms with Gasteiger partial charge in [0.1, 0.15) is 0 Å². The number of aromatic nitrogens is 2. The van der Waals surface area contributed by atoms with Crippen LogP contribution in [0.1, 0.15) is 17.3 Å². The number of hydrogen-bond donors (Lipinski definition) is 1. The monoisotopic (exact) mass is 404 g/mol. The highest BCUT2D eigenvalue weighted by molar-refractivity contribution is 5.95. The van der Waals surface area contributed by atoms with Crippen molar-refractivity contribution in [1.29, 1.82) is 0 Å². The van der Waals surface area contributed by atoms with Crippen LogP contribution in [0, 0.1) is 0 Å². The van der Waals surface area contributed by atoms with Crippen molar-refractivity contribution in [2.45, 2.75) is 13.0 Å². The fourth-order valence-corrected chi connectivity index (χ4v) is 3.58. The van der Waals surface area contributed by atoms with E-state index in [0.717, 1.165) is 16.7 Å². The number of hydrogen-bond acceptors (Lipinski definition) is 6. The van der Waals surface area contributed by atoms with Gasteiger partial charge in [-0.05, 0) is 43.3 Å². The third-order valence-electron chi connectivity index (χ3n) is 5.13. The molecule has 1 amide bonds. The molecule has 4 rings (SSSR count). The predicted molar refractivity (Wildman–Crippen MR) is 117 cm³/mol. The summed E-state index contributed by atoms with van der Waals surface area (Å²) in [4.78, 5) is 23.7. The van der Waals surface area contributed by atoms with Gasteiger partial charge in [-0.2, -0.15) is 5.10 Å². The van der Waals surface area contributed by atoms with Crippen LogP contribution in [0.2, 0.25) is 0 Å². The van der Waals surface area contributed by atoms with Crippen LogP contribution < -0.4 is 10.8 Å². The number of carbonyl (C=O) groups excluding carboxylic acids is 1.